The van der Waals surface area contributed by atoms with Gasteiger partial charge in [-0.1, -0.05) is 23.4 Å². The molecule has 2 heterocycles. The maximum absolute atomic E-state index is 12.2. The summed E-state index contributed by atoms with van der Waals surface area (Å²) in [5.41, 5.74) is 0.645. The van der Waals surface area contributed by atoms with E-state index in [4.69, 9.17) is 14.0 Å². The van der Waals surface area contributed by atoms with Crippen LogP contribution in [0.3, 0.4) is 0 Å². The number of fused-ring (bicyclic) bond motifs is 1. The fourth-order valence-electron chi connectivity index (χ4n) is 2.80. The van der Waals surface area contributed by atoms with E-state index < -0.39 is 0 Å². The Hall–Kier alpha value is -2.41. The predicted molar refractivity (Wildman–Crippen MR) is 85.3 cm³/mol. The van der Waals surface area contributed by atoms with Crippen molar-refractivity contribution in [1.29, 1.82) is 0 Å². The van der Waals surface area contributed by atoms with Crippen LogP contribution in [0.25, 0.3) is 0 Å². The van der Waals surface area contributed by atoms with E-state index in [2.05, 4.69) is 15.5 Å². The summed E-state index contributed by atoms with van der Waals surface area (Å²) in [6, 6.07) is 7.65. The van der Waals surface area contributed by atoms with E-state index in [0.717, 1.165) is 11.3 Å². The van der Waals surface area contributed by atoms with E-state index >= 15 is 0 Å². The maximum Gasteiger partial charge on any atom is 0.252 e. The van der Waals surface area contributed by atoms with Crippen molar-refractivity contribution in [2.24, 2.45) is 0 Å². The number of ether oxygens (including phenoxy) is 2. The molecule has 1 aliphatic heterocycles. The Kier molecular flexibility index (Phi) is 4.53. The van der Waals surface area contributed by atoms with Crippen LogP contribution in [-0.4, -0.2) is 28.3 Å². The molecule has 7 nitrogen and oxygen atoms in total. The van der Waals surface area contributed by atoms with Crippen molar-refractivity contribution >= 4 is 5.91 Å². The Balaban J connectivity index is 1.57. The van der Waals surface area contributed by atoms with E-state index in [9.17, 15) is 4.79 Å². The average molecular weight is 331 g/mol. The minimum atomic E-state index is -0.339. The first kappa shape index (κ1) is 16.4. The molecule has 2 aromatic rings. The fraction of sp³-hybridized carbons (Fsp3) is 0.471. The molecule has 1 aliphatic rings. The Morgan fingerprint density at radius 1 is 1.42 bits per heavy atom. The average Bonchev–Trinajstić information content (AvgIpc) is 2.91. The number of nitrogens with zero attached hydrogens (tertiary/aromatic N) is 2. The number of carbonyl (C=O) groups is 1. The predicted octanol–water partition coefficient (Wildman–Crippen LogP) is 2.31. The number of aromatic nitrogens is 2. The second kappa shape index (κ2) is 6.60. The van der Waals surface area contributed by atoms with Crippen molar-refractivity contribution in [2.75, 3.05) is 6.61 Å². The molecule has 7 heteroatoms. The molecule has 0 spiro atoms. The maximum atomic E-state index is 12.2. The summed E-state index contributed by atoms with van der Waals surface area (Å²) in [7, 11) is 0. The number of rotatable bonds is 5. The van der Waals surface area contributed by atoms with Gasteiger partial charge in [0.1, 0.15) is 24.6 Å². The summed E-state index contributed by atoms with van der Waals surface area (Å²) in [6.07, 6.45) is 0.693. The summed E-state index contributed by atoms with van der Waals surface area (Å²) < 4.78 is 16.2. The molecule has 0 radical (unpaired) electrons. The first-order chi connectivity index (χ1) is 11.4. The molecule has 1 N–H and O–H groups in total. The van der Waals surface area contributed by atoms with Crippen molar-refractivity contribution in [1.82, 2.24) is 15.5 Å². The summed E-state index contributed by atoms with van der Waals surface area (Å²) in [6.45, 7) is 5.79. The van der Waals surface area contributed by atoms with Crippen molar-refractivity contribution in [3.8, 4) is 5.75 Å². The highest BCUT2D eigenvalue weighted by molar-refractivity contribution is 5.77. The second-order valence-electron chi connectivity index (χ2n) is 6.45. The third-order valence-corrected chi connectivity index (χ3v) is 3.74. The lowest BCUT2D eigenvalue weighted by Gasteiger charge is -2.37. The zero-order valence-corrected chi connectivity index (χ0v) is 14.0. The van der Waals surface area contributed by atoms with E-state index in [-0.39, 0.29) is 30.8 Å². The van der Waals surface area contributed by atoms with Gasteiger partial charge in [0.25, 0.3) is 5.89 Å². The van der Waals surface area contributed by atoms with Gasteiger partial charge in [-0.05, 0) is 26.8 Å². The van der Waals surface area contributed by atoms with Gasteiger partial charge in [0.2, 0.25) is 5.91 Å². The molecular weight excluding hydrogens is 310 g/mol. The zero-order valence-electron chi connectivity index (χ0n) is 14.0. The van der Waals surface area contributed by atoms with Crippen LogP contribution in [0.2, 0.25) is 0 Å². The highest BCUT2D eigenvalue weighted by Gasteiger charge is 2.34. The molecule has 1 aromatic carbocycles. The standard InChI is InChI=1S/C17H21N3O4/c1-11-18-16(24-20-11)10-22-9-15(21)19-13-8-17(2,3)23-14-7-5-4-6-12(13)14/h4-7,13H,8-10H2,1-3H3,(H,19,21). The van der Waals surface area contributed by atoms with E-state index in [1.807, 2.05) is 38.1 Å². The number of para-hydroxylation sites is 1. The van der Waals surface area contributed by atoms with Gasteiger partial charge in [-0.25, -0.2) is 0 Å². The zero-order chi connectivity index (χ0) is 17.2. The monoisotopic (exact) mass is 331 g/mol. The second-order valence-corrected chi connectivity index (χ2v) is 6.45. The molecule has 3 rings (SSSR count). The molecule has 1 unspecified atom stereocenters. The third kappa shape index (κ3) is 3.91. The lowest BCUT2D eigenvalue weighted by Crippen LogP contribution is -2.42. The molecule has 1 amide bonds. The van der Waals surface area contributed by atoms with Crippen molar-refractivity contribution in [2.45, 2.75) is 45.4 Å². The summed E-state index contributed by atoms with van der Waals surface area (Å²) in [4.78, 5) is 16.2. The number of nitrogens with one attached hydrogen (secondary N) is 1. The molecule has 0 saturated carbocycles. The number of hydrogen-bond donors (Lipinski definition) is 1. The number of carbonyl (C=O) groups excluding carboxylic acids is 1. The van der Waals surface area contributed by atoms with Crippen molar-refractivity contribution < 1.29 is 18.8 Å². The fourth-order valence-corrected chi connectivity index (χ4v) is 2.80. The van der Waals surface area contributed by atoms with Crippen LogP contribution in [0.4, 0.5) is 0 Å². The van der Waals surface area contributed by atoms with E-state index in [1.54, 1.807) is 6.92 Å². The lowest BCUT2D eigenvalue weighted by atomic mass is 9.90. The molecule has 0 bridgehead atoms. The van der Waals surface area contributed by atoms with Gasteiger partial charge in [-0.2, -0.15) is 4.98 Å². The summed E-state index contributed by atoms with van der Waals surface area (Å²) >= 11 is 0. The van der Waals surface area contributed by atoms with Gasteiger partial charge in [-0.3, -0.25) is 4.79 Å². The van der Waals surface area contributed by atoms with Crippen LogP contribution < -0.4 is 10.1 Å². The molecule has 128 valence electrons. The molecule has 1 atom stereocenters. The topological polar surface area (TPSA) is 86.5 Å². The van der Waals surface area contributed by atoms with E-state index in [0.29, 0.717) is 18.1 Å². The van der Waals surface area contributed by atoms with Crippen molar-refractivity contribution in [3.05, 3.63) is 41.5 Å². The first-order valence-corrected chi connectivity index (χ1v) is 7.87. The first-order valence-electron chi connectivity index (χ1n) is 7.87. The van der Waals surface area contributed by atoms with Gasteiger partial charge in [0.05, 0.1) is 6.04 Å². The molecule has 0 aliphatic carbocycles. The van der Waals surface area contributed by atoms with Gasteiger partial charge in [0.15, 0.2) is 5.82 Å². The Labute approximate surface area is 140 Å². The van der Waals surface area contributed by atoms with Gasteiger partial charge in [0, 0.05) is 12.0 Å². The third-order valence-electron chi connectivity index (χ3n) is 3.74. The van der Waals surface area contributed by atoms with E-state index in [1.165, 1.54) is 0 Å². The highest BCUT2D eigenvalue weighted by Crippen LogP contribution is 2.39. The smallest absolute Gasteiger partial charge is 0.252 e. The summed E-state index contributed by atoms with van der Waals surface area (Å²) in [5.74, 6) is 1.52. The van der Waals surface area contributed by atoms with Crippen LogP contribution in [-0.2, 0) is 16.1 Å². The largest absolute Gasteiger partial charge is 0.487 e. The van der Waals surface area contributed by atoms with Gasteiger partial charge in [-0.15, -0.1) is 0 Å². The quantitative estimate of drug-likeness (QED) is 0.905. The Morgan fingerprint density at radius 2 is 2.21 bits per heavy atom. The molecule has 24 heavy (non-hydrogen) atoms. The molecule has 0 saturated heterocycles. The highest BCUT2D eigenvalue weighted by atomic mass is 16.5. The Morgan fingerprint density at radius 3 is 2.96 bits per heavy atom. The van der Waals surface area contributed by atoms with Crippen LogP contribution in [0, 0.1) is 6.92 Å². The van der Waals surface area contributed by atoms with Gasteiger partial charge < -0.3 is 19.3 Å². The van der Waals surface area contributed by atoms with Crippen LogP contribution in [0.15, 0.2) is 28.8 Å². The lowest BCUT2D eigenvalue weighted by molar-refractivity contribution is -0.127. The van der Waals surface area contributed by atoms with Crippen LogP contribution >= 0.6 is 0 Å². The number of hydrogen-bond acceptors (Lipinski definition) is 6. The normalized spacial score (nSPS) is 18.5. The Bertz CT molecular complexity index is 726. The van der Waals surface area contributed by atoms with Crippen LogP contribution in [0.1, 0.15) is 43.6 Å². The molecular formula is C17H21N3O4. The van der Waals surface area contributed by atoms with Crippen molar-refractivity contribution in [3.63, 3.8) is 0 Å². The number of benzene rings is 1. The van der Waals surface area contributed by atoms with Crippen LogP contribution in [0.5, 0.6) is 5.75 Å². The summed E-state index contributed by atoms with van der Waals surface area (Å²) in [5, 5.41) is 6.68. The SMILES string of the molecule is Cc1noc(COCC(=O)NC2CC(C)(C)Oc3ccccc32)n1. The molecule has 1 aromatic heterocycles. The number of aryl methyl sites for hydroxylation is 1. The number of amides is 1. The van der Waals surface area contributed by atoms with Gasteiger partial charge >= 0.3 is 0 Å². The minimum absolute atomic E-state index is 0.0681. The molecule has 0 fully saturated rings. The minimum Gasteiger partial charge on any atom is -0.487 e.